The molecule has 0 aliphatic carbocycles. The predicted molar refractivity (Wildman–Crippen MR) is 88.0 cm³/mol. The molecule has 2 heterocycles. The molecular weight excluding hydrogens is 294 g/mol. The lowest BCUT2D eigenvalue weighted by atomic mass is 10.1. The van der Waals surface area contributed by atoms with Crippen LogP contribution in [0.25, 0.3) is 0 Å². The minimum Gasteiger partial charge on any atom is -0.345 e. The third-order valence-corrected chi connectivity index (χ3v) is 4.49. The molecule has 1 N–H and O–H groups in total. The first-order chi connectivity index (χ1) is 10.7. The van der Waals surface area contributed by atoms with Gasteiger partial charge in [0.2, 0.25) is 0 Å². The highest BCUT2D eigenvalue weighted by Crippen LogP contribution is 2.18. The van der Waals surface area contributed by atoms with Crippen molar-refractivity contribution in [1.82, 2.24) is 15.1 Å². The maximum atomic E-state index is 12.3. The number of thiophene rings is 1. The molecule has 1 atom stereocenters. The van der Waals surface area contributed by atoms with Gasteiger partial charge in [-0.3, -0.25) is 9.48 Å². The van der Waals surface area contributed by atoms with Crippen molar-refractivity contribution >= 4 is 17.2 Å². The van der Waals surface area contributed by atoms with Gasteiger partial charge >= 0.3 is 0 Å². The van der Waals surface area contributed by atoms with Crippen molar-refractivity contribution in [1.29, 1.82) is 0 Å². The third kappa shape index (κ3) is 3.43. The first kappa shape index (κ1) is 14.5. The molecule has 0 saturated carbocycles. The molecule has 2 aromatic heterocycles. The number of nitrogens with zero attached hydrogens (tertiary/aromatic N) is 2. The zero-order valence-electron chi connectivity index (χ0n) is 12.3. The van der Waals surface area contributed by atoms with Gasteiger partial charge in [-0.15, -0.1) is 11.3 Å². The number of benzene rings is 1. The fourth-order valence-electron chi connectivity index (χ4n) is 2.23. The van der Waals surface area contributed by atoms with E-state index in [2.05, 4.69) is 10.4 Å². The lowest BCUT2D eigenvalue weighted by molar-refractivity contribution is 0.0940. The molecule has 0 fully saturated rings. The molecule has 0 saturated heterocycles. The normalized spacial score (nSPS) is 12.0. The summed E-state index contributed by atoms with van der Waals surface area (Å²) in [6.07, 6.45) is 3.68. The second kappa shape index (κ2) is 6.58. The molecule has 0 aliphatic heterocycles. The Bertz CT molecular complexity index is 718. The minimum atomic E-state index is -0.0495. The number of aromatic nitrogens is 2. The Kier molecular flexibility index (Phi) is 4.34. The highest BCUT2D eigenvalue weighted by atomic mass is 32.1. The van der Waals surface area contributed by atoms with Gasteiger partial charge in [0.25, 0.3) is 5.91 Å². The van der Waals surface area contributed by atoms with Crippen molar-refractivity contribution in [2.24, 2.45) is 0 Å². The first-order valence-corrected chi connectivity index (χ1v) is 8.01. The van der Waals surface area contributed by atoms with Crippen molar-refractivity contribution in [2.75, 3.05) is 0 Å². The van der Waals surface area contributed by atoms with E-state index in [1.165, 1.54) is 0 Å². The summed E-state index contributed by atoms with van der Waals surface area (Å²) in [7, 11) is 0. The quantitative estimate of drug-likeness (QED) is 0.784. The molecule has 0 spiro atoms. The van der Waals surface area contributed by atoms with Crippen LogP contribution in [0.2, 0.25) is 0 Å². The van der Waals surface area contributed by atoms with Gasteiger partial charge in [-0.05, 0) is 42.1 Å². The lowest BCUT2D eigenvalue weighted by Gasteiger charge is -2.12. The predicted octanol–water partition coefficient (Wildman–Crippen LogP) is 3.48. The largest absolute Gasteiger partial charge is 0.345 e. The topological polar surface area (TPSA) is 46.9 Å². The standard InChI is InChI=1S/C17H17N3OS/c1-13(16-4-2-11-22-16)19-17(21)15-7-5-14(6-8-15)12-20-10-3-9-18-20/h2-11,13H,12H2,1H3,(H,19,21)/t13-/m0/s1. The molecule has 112 valence electrons. The molecule has 1 aromatic carbocycles. The number of rotatable bonds is 5. The van der Waals surface area contributed by atoms with Gasteiger partial charge in [-0.2, -0.15) is 5.10 Å². The van der Waals surface area contributed by atoms with Crippen LogP contribution in [0.1, 0.15) is 33.8 Å². The summed E-state index contributed by atoms with van der Waals surface area (Å²) in [6, 6.07) is 13.6. The van der Waals surface area contributed by atoms with Crippen molar-refractivity contribution in [2.45, 2.75) is 19.5 Å². The molecule has 3 aromatic rings. The van der Waals surface area contributed by atoms with E-state index in [1.807, 2.05) is 65.6 Å². The van der Waals surface area contributed by atoms with Gasteiger partial charge in [-0.25, -0.2) is 0 Å². The second-order valence-electron chi connectivity index (χ2n) is 5.11. The molecule has 5 heteroatoms. The number of hydrogen-bond donors (Lipinski definition) is 1. The number of nitrogens with one attached hydrogen (secondary N) is 1. The van der Waals surface area contributed by atoms with Crippen LogP contribution < -0.4 is 5.32 Å². The van der Waals surface area contributed by atoms with Crippen LogP contribution in [0.5, 0.6) is 0 Å². The number of hydrogen-bond acceptors (Lipinski definition) is 3. The molecular formula is C17H17N3OS. The van der Waals surface area contributed by atoms with Gasteiger partial charge in [0.1, 0.15) is 0 Å². The monoisotopic (exact) mass is 311 g/mol. The zero-order valence-corrected chi connectivity index (χ0v) is 13.1. The SMILES string of the molecule is C[C@H](NC(=O)c1ccc(Cn2cccn2)cc1)c1cccs1. The Morgan fingerprint density at radius 1 is 1.27 bits per heavy atom. The Balaban J connectivity index is 1.63. The van der Waals surface area contributed by atoms with Crippen LogP contribution in [-0.4, -0.2) is 15.7 Å². The van der Waals surface area contributed by atoms with E-state index in [0.717, 1.165) is 10.4 Å². The molecule has 0 unspecified atom stereocenters. The van der Waals surface area contributed by atoms with Gasteiger partial charge < -0.3 is 5.32 Å². The van der Waals surface area contributed by atoms with Gasteiger partial charge in [0.05, 0.1) is 12.6 Å². The highest BCUT2D eigenvalue weighted by molar-refractivity contribution is 7.10. The Morgan fingerprint density at radius 2 is 2.09 bits per heavy atom. The van der Waals surface area contributed by atoms with Crippen LogP contribution in [0.4, 0.5) is 0 Å². The van der Waals surface area contributed by atoms with Crippen molar-refractivity contribution in [3.05, 3.63) is 76.2 Å². The van der Waals surface area contributed by atoms with Gasteiger partial charge in [-0.1, -0.05) is 18.2 Å². The summed E-state index contributed by atoms with van der Waals surface area (Å²) in [4.78, 5) is 13.4. The van der Waals surface area contributed by atoms with Crippen molar-refractivity contribution < 1.29 is 4.79 Å². The number of carbonyl (C=O) groups is 1. The van der Waals surface area contributed by atoms with E-state index >= 15 is 0 Å². The van der Waals surface area contributed by atoms with Crippen LogP contribution in [0.3, 0.4) is 0 Å². The van der Waals surface area contributed by atoms with Crippen LogP contribution in [-0.2, 0) is 6.54 Å². The van der Waals surface area contributed by atoms with E-state index in [1.54, 1.807) is 17.5 Å². The average molecular weight is 311 g/mol. The van der Waals surface area contributed by atoms with Crippen LogP contribution in [0.15, 0.2) is 60.2 Å². The summed E-state index contributed by atoms with van der Waals surface area (Å²) in [6.45, 7) is 2.70. The average Bonchev–Trinajstić information content (AvgIpc) is 3.21. The van der Waals surface area contributed by atoms with E-state index in [0.29, 0.717) is 12.1 Å². The summed E-state index contributed by atoms with van der Waals surface area (Å²) in [5.74, 6) is -0.0495. The van der Waals surface area contributed by atoms with E-state index in [9.17, 15) is 4.79 Å². The molecule has 0 radical (unpaired) electrons. The lowest BCUT2D eigenvalue weighted by Crippen LogP contribution is -2.26. The summed E-state index contributed by atoms with van der Waals surface area (Å²) >= 11 is 1.65. The fraction of sp³-hybridized carbons (Fsp3) is 0.176. The smallest absolute Gasteiger partial charge is 0.251 e. The Labute approximate surface area is 133 Å². The van der Waals surface area contributed by atoms with Gasteiger partial charge in [0, 0.05) is 22.8 Å². The van der Waals surface area contributed by atoms with Gasteiger partial charge in [0.15, 0.2) is 0 Å². The number of amides is 1. The summed E-state index contributed by atoms with van der Waals surface area (Å²) < 4.78 is 1.86. The zero-order chi connectivity index (χ0) is 15.4. The first-order valence-electron chi connectivity index (χ1n) is 7.13. The third-order valence-electron chi connectivity index (χ3n) is 3.44. The minimum absolute atomic E-state index is 0.0243. The Hall–Kier alpha value is -2.40. The molecule has 22 heavy (non-hydrogen) atoms. The van der Waals surface area contributed by atoms with Crippen LogP contribution in [0, 0.1) is 0 Å². The maximum Gasteiger partial charge on any atom is 0.251 e. The molecule has 1 amide bonds. The molecule has 3 rings (SSSR count). The van der Waals surface area contributed by atoms with E-state index < -0.39 is 0 Å². The molecule has 0 bridgehead atoms. The van der Waals surface area contributed by atoms with Crippen LogP contribution >= 0.6 is 11.3 Å². The fourth-order valence-corrected chi connectivity index (χ4v) is 2.97. The highest BCUT2D eigenvalue weighted by Gasteiger charge is 2.12. The summed E-state index contributed by atoms with van der Waals surface area (Å²) in [5.41, 5.74) is 1.79. The van der Waals surface area contributed by atoms with E-state index in [-0.39, 0.29) is 11.9 Å². The van der Waals surface area contributed by atoms with E-state index in [4.69, 9.17) is 0 Å². The second-order valence-corrected chi connectivity index (χ2v) is 6.09. The maximum absolute atomic E-state index is 12.3. The Morgan fingerprint density at radius 3 is 2.73 bits per heavy atom. The van der Waals surface area contributed by atoms with Crippen molar-refractivity contribution in [3.8, 4) is 0 Å². The molecule has 4 nitrogen and oxygen atoms in total. The van der Waals surface area contributed by atoms with Crippen molar-refractivity contribution in [3.63, 3.8) is 0 Å². The molecule has 0 aliphatic rings. The summed E-state index contributed by atoms with van der Waals surface area (Å²) in [5, 5.41) is 9.21. The number of carbonyl (C=O) groups excluding carboxylic acids is 1.